The zero-order valence-corrected chi connectivity index (χ0v) is 10.9. The largest absolute Gasteiger partial charge is 0.481 e. The fraction of sp³-hybridized carbons (Fsp3) is 0.286. The number of halogens is 1. The van der Waals surface area contributed by atoms with Gasteiger partial charge in [0.25, 0.3) is 0 Å². The predicted molar refractivity (Wildman–Crippen MR) is 68.5 cm³/mol. The minimum Gasteiger partial charge on any atom is -0.481 e. The van der Waals surface area contributed by atoms with Gasteiger partial charge in [0, 0.05) is 19.2 Å². The second kappa shape index (κ2) is 5.22. The van der Waals surface area contributed by atoms with Gasteiger partial charge in [-0.05, 0) is 18.6 Å². The number of carboxylic acids is 1. The molecule has 19 heavy (non-hydrogen) atoms. The Balaban J connectivity index is 2.31. The highest BCUT2D eigenvalue weighted by Crippen LogP contribution is 2.16. The minimum absolute atomic E-state index is 0.114. The van der Waals surface area contributed by atoms with Crippen LogP contribution in [0, 0.1) is 12.7 Å². The van der Waals surface area contributed by atoms with E-state index in [4.69, 9.17) is 5.11 Å². The lowest BCUT2D eigenvalue weighted by molar-refractivity contribution is -0.136. The van der Waals surface area contributed by atoms with Crippen molar-refractivity contribution in [3.8, 4) is 0 Å². The smallest absolute Gasteiger partial charge is 0.309 e. The average molecular weight is 262 g/mol. The molecule has 2 aromatic rings. The first-order valence-corrected chi connectivity index (χ1v) is 5.95. The minimum atomic E-state index is -0.918. The van der Waals surface area contributed by atoms with Gasteiger partial charge in [0.05, 0.1) is 12.1 Å². The molecule has 0 amide bonds. The molecule has 1 aromatic carbocycles. The van der Waals surface area contributed by atoms with E-state index < -0.39 is 5.97 Å². The first-order chi connectivity index (χ1) is 8.99. The van der Waals surface area contributed by atoms with Gasteiger partial charge in [-0.25, -0.2) is 9.37 Å². The highest BCUT2D eigenvalue weighted by Gasteiger charge is 2.15. The van der Waals surface area contributed by atoms with Crippen molar-refractivity contribution < 1.29 is 14.3 Å². The summed E-state index contributed by atoms with van der Waals surface area (Å²) in [4.78, 5) is 15.0. The van der Waals surface area contributed by atoms with Gasteiger partial charge in [-0.15, -0.1) is 0 Å². The maximum absolute atomic E-state index is 13.6. The zero-order chi connectivity index (χ0) is 14.0. The molecule has 0 saturated heterocycles. The third-order valence-corrected chi connectivity index (χ3v) is 3.20. The average Bonchev–Trinajstić information content (AvgIpc) is 2.60. The second-order valence-corrected chi connectivity index (χ2v) is 4.46. The first-order valence-electron chi connectivity index (χ1n) is 5.95. The molecule has 0 aliphatic rings. The van der Waals surface area contributed by atoms with E-state index in [-0.39, 0.29) is 12.2 Å². The number of nitrogens with zero attached hydrogens (tertiary/aromatic N) is 2. The van der Waals surface area contributed by atoms with Crippen LogP contribution in [0.15, 0.2) is 24.3 Å². The summed E-state index contributed by atoms with van der Waals surface area (Å²) in [6.07, 6.45) is 0.237. The van der Waals surface area contributed by atoms with Crippen LogP contribution in [-0.4, -0.2) is 20.6 Å². The van der Waals surface area contributed by atoms with Crippen LogP contribution < -0.4 is 0 Å². The van der Waals surface area contributed by atoms with Crippen LogP contribution >= 0.6 is 0 Å². The molecule has 0 bridgehead atoms. The van der Waals surface area contributed by atoms with Crippen molar-refractivity contribution in [3.05, 3.63) is 52.9 Å². The van der Waals surface area contributed by atoms with Gasteiger partial charge in [0.2, 0.25) is 0 Å². The predicted octanol–water partition coefficient (Wildman–Crippen LogP) is 2.09. The molecule has 4 nitrogen and oxygen atoms in total. The van der Waals surface area contributed by atoms with Gasteiger partial charge in [0.15, 0.2) is 0 Å². The number of rotatable bonds is 4. The van der Waals surface area contributed by atoms with E-state index >= 15 is 0 Å². The molecule has 2 rings (SSSR count). The molecule has 0 unspecified atom stereocenters. The lowest BCUT2D eigenvalue weighted by Crippen LogP contribution is -2.02. The molecule has 1 N–H and O–H groups in total. The number of benzene rings is 1. The zero-order valence-electron chi connectivity index (χ0n) is 10.9. The van der Waals surface area contributed by atoms with E-state index in [9.17, 15) is 9.18 Å². The van der Waals surface area contributed by atoms with Crippen molar-refractivity contribution in [2.24, 2.45) is 7.05 Å². The molecule has 0 aliphatic carbocycles. The van der Waals surface area contributed by atoms with E-state index in [0.29, 0.717) is 23.5 Å². The van der Waals surface area contributed by atoms with E-state index in [1.807, 2.05) is 18.5 Å². The Bertz CT molecular complexity index is 620. The van der Waals surface area contributed by atoms with Crippen LogP contribution in [0.2, 0.25) is 0 Å². The Labute approximate surface area is 110 Å². The van der Waals surface area contributed by atoms with E-state index in [0.717, 1.165) is 5.69 Å². The van der Waals surface area contributed by atoms with Crippen molar-refractivity contribution >= 4 is 5.97 Å². The van der Waals surface area contributed by atoms with Crippen LogP contribution in [0.3, 0.4) is 0 Å². The molecule has 100 valence electrons. The summed E-state index contributed by atoms with van der Waals surface area (Å²) in [5.74, 6) is -0.527. The number of carbonyl (C=O) groups is 1. The summed E-state index contributed by atoms with van der Waals surface area (Å²) >= 11 is 0. The Kier molecular flexibility index (Phi) is 3.64. The van der Waals surface area contributed by atoms with Gasteiger partial charge in [-0.1, -0.05) is 18.2 Å². The summed E-state index contributed by atoms with van der Waals surface area (Å²) in [6, 6.07) is 6.52. The van der Waals surface area contributed by atoms with Gasteiger partial charge >= 0.3 is 5.97 Å². The number of carboxylic acid groups (broad SMARTS) is 1. The van der Waals surface area contributed by atoms with Crippen molar-refractivity contribution in [1.82, 2.24) is 9.55 Å². The summed E-state index contributed by atoms with van der Waals surface area (Å²) in [5.41, 5.74) is 1.88. The Morgan fingerprint density at radius 3 is 2.74 bits per heavy atom. The number of aromatic nitrogens is 2. The number of hydrogen-bond donors (Lipinski definition) is 1. The van der Waals surface area contributed by atoms with Crippen molar-refractivity contribution in [2.45, 2.75) is 19.8 Å². The molecule has 0 fully saturated rings. The normalized spacial score (nSPS) is 10.7. The fourth-order valence-corrected chi connectivity index (χ4v) is 1.98. The Morgan fingerprint density at radius 1 is 1.42 bits per heavy atom. The van der Waals surface area contributed by atoms with Crippen LogP contribution in [0.25, 0.3) is 0 Å². The summed E-state index contributed by atoms with van der Waals surface area (Å²) in [5, 5.41) is 8.82. The summed E-state index contributed by atoms with van der Waals surface area (Å²) in [7, 11) is 1.81. The standard InChI is InChI=1S/C14H15FN2O2/c1-9-12(8-14(18)19)16-13(17(9)2)7-10-5-3-4-6-11(10)15/h3-6H,7-8H2,1-2H3,(H,18,19). The molecule has 1 aromatic heterocycles. The molecule has 0 aliphatic heterocycles. The Hall–Kier alpha value is -2.17. The molecule has 0 atom stereocenters. The van der Waals surface area contributed by atoms with E-state index in [1.165, 1.54) is 6.07 Å². The number of hydrogen-bond acceptors (Lipinski definition) is 2. The maximum Gasteiger partial charge on any atom is 0.309 e. The second-order valence-electron chi connectivity index (χ2n) is 4.46. The van der Waals surface area contributed by atoms with Gasteiger partial charge in [-0.3, -0.25) is 4.79 Å². The quantitative estimate of drug-likeness (QED) is 0.917. The summed E-state index contributed by atoms with van der Waals surface area (Å²) < 4.78 is 15.4. The highest BCUT2D eigenvalue weighted by atomic mass is 19.1. The lowest BCUT2D eigenvalue weighted by atomic mass is 10.1. The van der Waals surface area contributed by atoms with Crippen molar-refractivity contribution in [1.29, 1.82) is 0 Å². The van der Waals surface area contributed by atoms with Crippen molar-refractivity contribution in [3.63, 3.8) is 0 Å². The van der Waals surface area contributed by atoms with Gasteiger partial charge in [-0.2, -0.15) is 0 Å². The molecule has 0 spiro atoms. The first kappa shape index (κ1) is 13.3. The fourth-order valence-electron chi connectivity index (χ4n) is 1.98. The number of imidazole rings is 1. The maximum atomic E-state index is 13.6. The van der Waals surface area contributed by atoms with E-state index in [1.54, 1.807) is 18.2 Å². The molecule has 5 heteroatoms. The third kappa shape index (κ3) is 2.81. The van der Waals surface area contributed by atoms with E-state index in [2.05, 4.69) is 4.98 Å². The monoisotopic (exact) mass is 262 g/mol. The Morgan fingerprint density at radius 2 is 2.11 bits per heavy atom. The van der Waals surface area contributed by atoms with Gasteiger partial charge < -0.3 is 9.67 Å². The van der Waals surface area contributed by atoms with Gasteiger partial charge in [0.1, 0.15) is 11.6 Å². The van der Waals surface area contributed by atoms with Crippen LogP contribution in [0.1, 0.15) is 22.8 Å². The third-order valence-electron chi connectivity index (χ3n) is 3.20. The van der Waals surface area contributed by atoms with Crippen LogP contribution in [0.4, 0.5) is 4.39 Å². The van der Waals surface area contributed by atoms with Crippen LogP contribution in [0.5, 0.6) is 0 Å². The SMILES string of the molecule is Cc1c(CC(=O)O)nc(Cc2ccccc2F)n1C. The molecular weight excluding hydrogens is 247 g/mol. The summed E-state index contributed by atoms with van der Waals surface area (Å²) in [6.45, 7) is 1.82. The lowest BCUT2D eigenvalue weighted by Gasteiger charge is -2.04. The van der Waals surface area contributed by atoms with Crippen LogP contribution in [-0.2, 0) is 24.7 Å². The number of aliphatic carboxylic acids is 1. The highest BCUT2D eigenvalue weighted by molar-refractivity contribution is 5.69. The molecule has 1 heterocycles. The molecule has 0 saturated carbocycles. The molecular formula is C14H15FN2O2. The topological polar surface area (TPSA) is 55.1 Å². The molecule has 0 radical (unpaired) electrons. The van der Waals surface area contributed by atoms with Crippen molar-refractivity contribution in [2.75, 3.05) is 0 Å².